The van der Waals surface area contributed by atoms with Gasteiger partial charge in [-0.1, -0.05) is 28.1 Å². The highest BCUT2D eigenvalue weighted by atomic mass is 79.9. The Bertz CT molecular complexity index is 243. The number of halogens is 1. The second-order valence-corrected chi connectivity index (χ2v) is 2.93. The van der Waals surface area contributed by atoms with E-state index in [-0.39, 0.29) is 0 Å². The Morgan fingerprint density at radius 3 is 2.80 bits per heavy atom. The second kappa shape index (κ2) is 3.84. The van der Waals surface area contributed by atoms with Gasteiger partial charge in [-0.25, -0.2) is 0 Å². The van der Waals surface area contributed by atoms with Crippen LogP contribution in [0.5, 0.6) is 0 Å². The summed E-state index contributed by atoms with van der Waals surface area (Å²) in [5.41, 5.74) is 1.16. The molecule has 1 aromatic rings. The van der Waals surface area contributed by atoms with Crippen LogP contribution in [0.2, 0.25) is 0 Å². The van der Waals surface area contributed by atoms with Crippen LogP contribution in [0.4, 0.5) is 0 Å². The second-order valence-electron chi connectivity index (χ2n) is 1.89. The molecule has 10 heavy (non-hydrogen) atoms. The van der Waals surface area contributed by atoms with Crippen molar-refractivity contribution in [1.29, 1.82) is 0 Å². The topological polar surface area (TPSA) is 0 Å². The highest BCUT2D eigenvalue weighted by molar-refractivity contribution is 9.11. The monoisotopic (exact) mass is 214 g/mol. The molecule has 0 aliphatic rings. The van der Waals surface area contributed by atoms with E-state index in [1.807, 2.05) is 35.3 Å². The Morgan fingerprint density at radius 1 is 1.40 bits per heavy atom. The van der Waals surface area contributed by atoms with Crippen molar-refractivity contribution in [2.24, 2.45) is 0 Å². The molecule has 0 saturated carbocycles. The Labute approximate surface area is 74.5 Å². The zero-order valence-corrected chi connectivity index (χ0v) is 7.77. The molecule has 0 amide bonds. The fourth-order valence-corrected chi connectivity index (χ4v) is 1.24. The van der Waals surface area contributed by atoms with Crippen LogP contribution >= 0.6 is 28.6 Å². The van der Waals surface area contributed by atoms with Crippen LogP contribution in [0.1, 0.15) is 5.56 Å². The third-order valence-electron chi connectivity index (χ3n) is 1.13. The van der Waals surface area contributed by atoms with Gasteiger partial charge in [0.25, 0.3) is 0 Å². The zero-order valence-electron chi connectivity index (χ0n) is 5.29. The number of benzene rings is 1. The fraction of sp³-hybridized carbons (Fsp3) is 0. The molecule has 0 heterocycles. The first kappa shape index (κ1) is 7.89. The van der Waals surface area contributed by atoms with E-state index in [4.69, 9.17) is 0 Å². The largest absolute Gasteiger partial charge is 0.143 e. The van der Waals surface area contributed by atoms with Crippen molar-refractivity contribution in [2.75, 3.05) is 0 Å². The Kier molecular flexibility index (Phi) is 3.03. The SMILES string of the molecule is Sc1cccc(/C=C/Br)c1. The fourth-order valence-electron chi connectivity index (χ4n) is 0.701. The summed E-state index contributed by atoms with van der Waals surface area (Å²) >= 11 is 7.40. The van der Waals surface area contributed by atoms with Crippen molar-refractivity contribution >= 4 is 34.6 Å². The van der Waals surface area contributed by atoms with Gasteiger partial charge in [0.2, 0.25) is 0 Å². The third kappa shape index (κ3) is 2.20. The van der Waals surface area contributed by atoms with Crippen LogP contribution in [0.25, 0.3) is 6.08 Å². The van der Waals surface area contributed by atoms with E-state index in [1.165, 1.54) is 0 Å². The van der Waals surface area contributed by atoms with E-state index >= 15 is 0 Å². The van der Waals surface area contributed by atoms with Crippen LogP contribution in [0, 0.1) is 0 Å². The molecule has 1 rings (SSSR count). The average Bonchev–Trinajstić information content (AvgIpc) is 1.88. The lowest BCUT2D eigenvalue weighted by Gasteiger charge is -1.92. The van der Waals surface area contributed by atoms with Gasteiger partial charge in [-0.2, -0.15) is 0 Å². The molecular weight excluding hydrogens is 208 g/mol. The summed E-state index contributed by atoms with van der Waals surface area (Å²) in [5.74, 6) is 0. The normalized spacial score (nSPS) is 10.6. The molecule has 0 atom stereocenters. The van der Waals surface area contributed by atoms with Gasteiger partial charge in [0.05, 0.1) is 0 Å². The molecule has 0 nitrogen and oxygen atoms in total. The highest BCUT2D eigenvalue weighted by Gasteiger charge is 1.85. The Balaban J connectivity index is 2.95. The standard InChI is InChI=1S/C8H7BrS/c9-5-4-7-2-1-3-8(10)6-7/h1-6,10H/b5-4+. The van der Waals surface area contributed by atoms with Gasteiger partial charge in [0, 0.05) is 4.90 Å². The molecule has 0 fully saturated rings. The van der Waals surface area contributed by atoms with Gasteiger partial charge in [0.15, 0.2) is 0 Å². The van der Waals surface area contributed by atoms with Gasteiger partial charge in [-0.05, 0) is 28.8 Å². The first-order valence-electron chi connectivity index (χ1n) is 2.89. The minimum atomic E-state index is 0.989. The lowest BCUT2D eigenvalue weighted by atomic mass is 10.2. The predicted octanol–water partition coefficient (Wildman–Crippen LogP) is 3.34. The first-order valence-corrected chi connectivity index (χ1v) is 4.25. The summed E-state index contributed by atoms with van der Waals surface area (Å²) in [5, 5.41) is 0. The molecule has 0 aliphatic carbocycles. The molecule has 1 aromatic carbocycles. The highest BCUT2D eigenvalue weighted by Crippen LogP contribution is 2.10. The van der Waals surface area contributed by atoms with E-state index < -0.39 is 0 Å². The summed E-state index contributed by atoms with van der Waals surface area (Å²) < 4.78 is 0. The summed E-state index contributed by atoms with van der Waals surface area (Å²) in [6.07, 6.45) is 1.97. The third-order valence-corrected chi connectivity index (χ3v) is 1.67. The van der Waals surface area contributed by atoms with Crippen LogP contribution in [0.3, 0.4) is 0 Å². The maximum atomic E-state index is 4.20. The Morgan fingerprint density at radius 2 is 2.20 bits per heavy atom. The summed E-state index contributed by atoms with van der Waals surface area (Å²) in [4.78, 5) is 2.82. The van der Waals surface area contributed by atoms with E-state index in [2.05, 4.69) is 28.6 Å². The van der Waals surface area contributed by atoms with Crippen LogP contribution < -0.4 is 0 Å². The van der Waals surface area contributed by atoms with Gasteiger partial charge in [-0.15, -0.1) is 12.6 Å². The van der Waals surface area contributed by atoms with Crippen molar-refractivity contribution < 1.29 is 0 Å². The maximum Gasteiger partial charge on any atom is 0.00459 e. The summed E-state index contributed by atoms with van der Waals surface area (Å²) in [7, 11) is 0. The average molecular weight is 215 g/mol. The summed E-state index contributed by atoms with van der Waals surface area (Å²) in [6, 6.07) is 7.96. The number of rotatable bonds is 1. The quantitative estimate of drug-likeness (QED) is 0.682. The molecule has 0 spiro atoms. The van der Waals surface area contributed by atoms with E-state index in [0.29, 0.717) is 0 Å². The minimum absolute atomic E-state index is 0.989. The molecule has 0 radical (unpaired) electrons. The van der Waals surface area contributed by atoms with E-state index in [0.717, 1.165) is 10.5 Å². The predicted molar refractivity (Wildman–Crippen MR) is 51.7 cm³/mol. The zero-order chi connectivity index (χ0) is 7.40. The molecule has 52 valence electrons. The molecule has 0 aromatic heterocycles. The van der Waals surface area contributed by atoms with Crippen LogP contribution in [0.15, 0.2) is 34.1 Å². The van der Waals surface area contributed by atoms with Crippen LogP contribution in [-0.4, -0.2) is 0 Å². The van der Waals surface area contributed by atoms with Crippen molar-refractivity contribution in [1.82, 2.24) is 0 Å². The minimum Gasteiger partial charge on any atom is -0.143 e. The number of thiol groups is 1. The van der Waals surface area contributed by atoms with Crippen molar-refractivity contribution in [3.63, 3.8) is 0 Å². The Hall–Kier alpha value is -0.210. The maximum absolute atomic E-state index is 4.20. The summed E-state index contributed by atoms with van der Waals surface area (Å²) in [6.45, 7) is 0. The first-order chi connectivity index (χ1) is 4.83. The van der Waals surface area contributed by atoms with Gasteiger partial charge in [0.1, 0.15) is 0 Å². The van der Waals surface area contributed by atoms with Gasteiger partial charge in [-0.3, -0.25) is 0 Å². The lowest BCUT2D eigenvalue weighted by molar-refractivity contribution is 1.46. The number of hydrogen-bond donors (Lipinski definition) is 1. The molecule has 2 heteroatoms. The van der Waals surface area contributed by atoms with Crippen molar-refractivity contribution in [3.8, 4) is 0 Å². The molecule has 0 unspecified atom stereocenters. The molecule has 0 bridgehead atoms. The van der Waals surface area contributed by atoms with E-state index in [9.17, 15) is 0 Å². The molecule has 0 aliphatic heterocycles. The van der Waals surface area contributed by atoms with Crippen molar-refractivity contribution in [3.05, 3.63) is 34.8 Å². The van der Waals surface area contributed by atoms with Crippen LogP contribution in [-0.2, 0) is 0 Å². The molecule has 0 saturated heterocycles. The van der Waals surface area contributed by atoms with Gasteiger partial charge < -0.3 is 0 Å². The lowest BCUT2D eigenvalue weighted by Crippen LogP contribution is -1.69. The smallest absolute Gasteiger partial charge is 0.00459 e. The molecular formula is C8H7BrS. The van der Waals surface area contributed by atoms with Crippen molar-refractivity contribution in [2.45, 2.75) is 4.90 Å². The number of hydrogen-bond acceptors (Lipinski definition) is 1. The van der Waals surface area contributed by atoms with Gasteiger partial charge >= 0.3 is 0 Å². The molecule has 0 N–H and O–H groups in total. The van der Waals surface area contributed by atoms with E-state index in [1.54, 1.807) is 0 Å².